The topological polar surface area (TPSA) is 16.6 Å². The number of nitrogens with two attached hydrogens (primary N) is 1. The summed E-state index contributed by atoms with van der Waals surface area (Å²) in [4.78, 5) is 1.30. The maximum atomic E-state index is 2.48. The van der Waals surface area contributed by atoms with E-state index >= 15 is 0 Å². The molecule has 2 atom stereocenters. The van der Waals surface area contributed by atoms with E-state index in [1.807, 2.05) is 11.8 Å². The molecule has 4 aromatic carbocycles. The molecule has 29 heavy (non-hydrogen) atoms. The molecule has 0 radical (unpaired) electrons. The first-order chi connectivity index (χ1) is 14.4. The van der Waals surface area contributed by atoms with Gasteiger partial charge >= 0.3 is 0 Å². The van der Waals surface area contributed by atoms with Crippen LogP contribution in [0.5, 0.6) is 0 Å². The summed E-state index contributed by atoms with van der Waals surface area (Å²) in [7, 11) is 0. The molecule has 4 aromatic rings. The second kappa shape index (κ2) is 10.1. The van der Waals surface area contributed by atoms with Crippen LogP contribution in [0.25, 0.3) is 0 Å². The molecule has 0 unspecified atom stereocenters. The van der Waals surface area contributed by atoms with E-state index in [-0.39, 0.29) is 0 Å². The van der Waals surface area contributed by atoms with Crippen molar-refractivity contribution in [2.75, 3.05) is 0 Å². The summed E-state index contributed by atoms with van der Waals surface area (Å²) in [5.41, 5.74) is 4.07. The van der Waals surface area contributed by atoms with Crippen molar-refractivity contribution in [1.29, 1.82) is 0 Å². The van der Waals surface area contributed by atoms with Gasteiger partial charge in [-0.15, -0.1) is 11.8 Å². The van der Waals surface area contributed by atoms with E-state index in [4.69, 9.17) is 0 Å². The van der Waals surface area contributed by atoms with Crippen molar-refractivity contribution in [3.63, 3.8) is 0 Å². The summed E-state index contributed by atoms with van der Waals surface area (Å²) >= 11 is 1.95. The fraction of sp³-hybridized carbons (Fsp3) is 0.111. The van der Waals surface area contributed by atoms with E-state index < -0.39 is 0 Å². The van der Waals surface area contributed by atoms with Crippen LogP contribution >= 0.6 is 11.8 Å². The van der Waals surface area contributed by atoms with Crippen LogP contribution in [-0.4, -0.2) is 0 Å². The lowest BCUT2D eigenvalue weighted by Gasteiger charge is -2.26. The Morgan fingerprint density at radius 3 is 1.62 bits per heavy atom. The lowest BCUT2D eigenvalue weighted by Crippen LogP contribution is -2.84. The van der Waals surface area contributed by atoms with E-state index in [1.165, 1.54) is 21.6 Å². The third-order valence-electron chi connectivity index (χ3n) is 5.10. The third-order valence-corrected chi connectivity index (χ3v) is 6.46. The van der Waals surface area contributed by atoms with Gasteiger partial charge in [0.05, 0.1) is 5.25 Å². The van der Waals surface area contributed by atoms with E-state index in [0.717, 1.165) is 6.54 Å². The zero-order valence-electron chi connectivity index (χ0n) is 16.4. The van der Waals surface area contributed by atoms with E-state index in [9.17, 15) is 0 Å². The van der Waals surface area contributed by atoms with Gasteiger partial charge in [-0.2, -0.15) is 0 Å². The molecular formula is C27H26NS+. The SMILES string of the molecule is c1ccc(C[NH2+][C@H](c2ccccc2)[C@@H](Sc2ccccc2)c2ccccc2)cc1. The molecule has 1 nitrogen and oxygen atoms in total. The second-order valence-corrected chi connectivity index (χ2v) is 8.34. The molecule has 0 aliphatic heterocycles. The summed E-state index contributed by atoms with van der Waals surface area (Å²) in [6.07, 6.45) is 0. The zero-order valence-corrected chi connectivity index (χ0v) is 17.2. The summed E-state index contributed by atoms with van der Waals surface area (Å²) < 4.78 is 0. The van der Waals surface area contributed by atoms with Crippen LogP contribution in [0.15, 0.2) is 126 Å². The molecule has 0 fully saturated rings. The largest absolute Gasteiger partial charge is 0.335 e. The molecule has 0 saturated carbocycles. The van der Waals surface area contributed by atoms with Crippen LogP contribution in [0.4, 0.5) is 0 Å². The molecule has 0 saturated heterocycles. The van der Waals surface area contributed by atoms with Gasteiger partial charge in [0.2, 0.25) is 0 Å². The minimum Gasteiger partial charge on any atom is -0.335 e. The first-order valence-electron chi connectivity index (χ1n) is 10.1. The number of quaternary nitrogens is 1. The minimum absolute atomic E-state index is 0.309. The smallest absolute Gasteiger partial charge is 0.128 e. The van der Waals surface area contributed by atoms with Crippen molar-refractivity contribution in [1.82, 2.24) is 0 Å². The molecule has 144 valence electrons. The highest BCUT2D eigenvalue weighted by atomic mass is 32.2. The quantitative estimate of drug-likeness (QED) is 0.360. The number of rotatable bonds is 8. The van der Waals surface area contributed by atoms with Crippen LogP contribution in [0.1, 0.15) is 28.0 Å². The van der Waals surface area contributed by atoms with Crippen molar-refractivity contribution >= 4 is 11.8 Å². The number of benzene rings is 4. The monoisotopic (exact) mass is 396 g/mol. The van der Waals surface area contributed by atoms with Crippen molar-refractivity contribution in [3.05, 3.63) is 138 Å². The van der Waals surface area contributed by atoms with Crippen LogP contribution < -0.4 is 5.32 Å². The lowest BCUT2D eigenvalue weighted by molar-refractivity contribution is -0.711. The molecule has 0 aliphatic carbocycles. The molecule has 0 heterocycles. The minimum atomic E-state index is 0.309. The van der Waals surface area contributed by atoms with Gasteiger partial charge in [-0.05, 0) is 17.7 Å². The van der Waals surface area contributed by atoms with Gasteiger partial charge in [0.1, 0.15) is 12.6 Å². The second-order valence-electron chi connectivity index (χ2n) is 7.12. The maximum absolute atomic E-state index is 2.48. The average molecular weight is 397 g/mol. The highest BCUT2D eigenvalue weighted by molar-refractivity contribution is 7.99. The molecule has 2 N–H and O–H groups in total. The molecule has 0 aromatic heterocycles. The molecule has 0 aliphatic rings. The molecule has 4 rings (SSSR count). The maximum Gasteiger partial charge on any atom is 0.128 e. The van der Waals surface area contributed by atoms with Gasteiger partial charge in [0, 0.05) is 16.0 Å². The van der Waals surface area contributed by atoms with Crippen molar-refractivity contribution < 1.29 is 5.32 Å². The fourth-order valence-electron chi connectivity index (χ4n) is 3.62. The van der Waals surface area contributed by atoms with E-state index in [2.05, 4.69) is 127 Å². The number of thioether (sulfide) groups is 1. The first-order valence-corrected chi connectivity index (χ1v) is 11.0. The Morgan fingerprint density at radius 1 is 0.552 bits per heavy atom. The first kappa shape index (κ1) is 19.5. The van der Waals surface area contributed by atoms with Gasteiger partial charge in [-0.3, -0.25) is 0 Å². The molecule has 0 bridgehead atoms. The highest BCUT2D eigenvalue weighted by Gasteiger charge is 2.29. The Hall–Kier alpha value is -2.81. The summed E-state index contributed by atoms with van der Waals surface area (Å²) in [5, 5.41) is 2.79. The molecule has 0 spiro atoms. The van der Waals surface area contributed by atoms with Crippen molar-refractivity contribution in [2.45, 2.75) is 22.7 Å². The summed E-state index contributed by atoms with van der Waals surface area (Å²) in [6, 6.07) is 43.6. The molecule has 2 heteroatoms. The number of hydrogen-bond donors (Lipinski definition) is 1. The van der Waals surface area contributed by atoms with E-state index in [0.29, 0.717) is 11.3 Å². The Kier molecular flexibility index (Phi) is 6.80. The summed E-state index contributed by atoms with van der Waals surface area (Å²) in [6.45, 7) is 0.957. The molecular weight excluding hydrogens is 370 g/mol. The van der Waals surface area contributed by atoms with Gasteiger partial charge < -0.3 is 5.32 Å². The van der Waals surface area contributed by atoms with Crippen molar-refractivity contribution in [3.8, 4) is 0 Å². The van der Waals surface area contributed by atoms with Gasteiger partial charge in [-0.25, -0.2) is 0 Å². The molecule has 0 amide bonds. The van der Waals surface area contributed by atoms with Gasteiger partial charge in [-0.1, -0.05) is 109 Å². The standard InChI is InChI=1S/C27H25NS/c1-5-13-22(14-6-1)21-28-26(23-15-7-2-8-16-23)27(24-17-9-3-10-18-24)29-25-19-11-4-12-20-25/h1-20,26-28H,21H2/p+1/t26-,27+/m1/s1. The highest BCUT2D eigenvalue weighted by Crippen LogP contribution is 2.42. The van der Waals surface area contributed by atoms with E-state index in [1.54, 1.807) is 0 Å². The Balaban J connectivity index is 1.68. The Labute approximate surface area is 177 Å². The van der Waals surface area contributed by atoms with Crippen molar-refractivity contribution in [2.24, 2.45) is 0 Å². The Bertz CT molecular complexity index is 972. The number of hydrogen-bond acceptors (Lipinski definition) is 1. The van der Waals surface area contributed by atoms with Gasteiger partial charge in [0.25, 0.3) is 0 Å². The van der Waals surface area contributed by atoms with Crippen LogP contribution in [-0.2, 0) is 6.54 Å². The van der Waals surface area contributed by atoms with Crippen LogP contribution in [0.2, 0.25) is 0 Å². The van der Waals surface area contributed by atoms with Crippen LogP contribution in [0.3, 0.4) is 0 Å². The fourth-order valence-corrected chi connectivity index (χ4v) is 4.94. The predicted molar refractivity (Wildman–Crippen MR) is 123 cm³/mol. The zero-order chi connectivity index (χ0) is 19.7. The normalized spacial score (nSPS) is 13.0. The third kappa shape index (κ3) is 5.38. The Morgan fingerprint density at radius 2 is 1.03 bits per heavy atom. The average Bonchev–Trinajstić information content (AvgIpc) is 2.81. The van der Waals surface area contributed by atoms with Gasteiger partial charge in [0.15, 0.2) is 0 Å². The lowest BCUT2D eigenvalue weighted by atomic mass is 9.98. The predicted octanol–water partition coefficient (Wildman–Crippen LogP) is 6.02. The van der Waals surface area contributed by atoms with Crippen LogP contribution in [0, 0.1) is 0 Å². The summed E-state index contributed by atoms with van der Waals surface area (Å²) in [5.74, 6) is 0.